The lowest BCUT2D eigenvalue weighted by atomic mass is 10.2. The fourth-order valence-electron chi connectivity index (χ4n) is 2.52. The predicted molar refractivity (Wildman–Crippen MR) is 85.5 cm³/mol. The third kappa shape index (κ3) is 2.80. The highest BCUT2D eigenvalue weighted by Gasteiger charge is 2.16. The minimum Gasteiger partial charge on any atom is -0.385 e. The molecular weight excluding hydrogens is 284 g/mol. The zero-order chi connectivity index (χ0) is 14.8. The molecule has 0 unspecified atom stereocenters. The number of nitrogens with zero attached hydrogens (tertiary/aromatic N) is 2. The second-order valence-corrected chi connectivity index (χ2v) is 5.54. The van der Waals surface area contributed by atoms with Gasteiger partial charge in [0.15, 0.2) is 0 Å². The van der Waals surface area contributed by atoms with Gasteiger partial charge in [0.2, 0.25) is 0 Å². The fraction of sp³-hybridized carbons (Fsp3) is 0.235. The molecule has 21 heavy (non-hydrogen) atoms. The van der Waals surface area contributed by atoms with E-state index >= 15 is 0 Å². The van der Waals surface area contributed by atoms with E-state index in [4.69, 9.17) is 11.6 Å². The molecule has 3 rings (SSSR count). The van der Waals surface area contributed by atoms with Crippen LogP contribution in [-0.2, 0) is 6.54 Å². The van der Waals surface area contributed by atoms with Crippen molar-refractivity contribution in [3.8, 4) is 0 Å². The average Bonchev–Trinajstić information content (AvgIpc) is 2.85. The fourth-order valence-corrected chi connectivity index (χ4v) is 2.73. The first kappa shape index (κ1) is 14.1. The number of hydrogen-bond donors (Lipinski definition) is 1. The number of para-hydroxylation sites is 2. The van der Waals surface area contributed by atoms with Crippen LogP contribution in [0.5, 0.6) is 0 Å². The number of fused-ring (bicyclic) bond motifs is 1. The van der Waals surface area contributed by atoms with Gasteiger partial charge in [0, 0.05) is 11.6 Å². The van der Waals surface area contributed by atoms with Crippen LogP contribution >= 0.6 is 11.6 Å². The molecule has 4 heteroatoms. The molecule has 0 aliphatic carbocycles. The normalized spacial score (nSPS) is 12.7. The van der Waals surface area contributed by atoms with Crippen LogP contribution in [-0.4, -0.2) is 14.7 Å². The van der Waals surface area contributed by atoms with Gasteiger partial charge in [-0.05, 0) is 36.2 Å². The molecule has 3 nitrogen and oxygen atoms in total. The summed E-state index contributed by atoms with van der Waals surface area (Å²) in [7, 11) is 0. The summed E-state index contributed by atoms with van der Waals surface area (Å²) < 4.78 is 2.06. The van der Waals surface area contributed by atoms with Crippen molar-refractivity contribution in [2.24, 2.45) is 0 Å². The van der Waals surface area contributed by atoms with Crippen molar-refractivity contribution in [1.82, 2.24) is 9.55 Å². The van der Waals surface area contributed by atoms with Crippen molar-refractivity contribution in [3.63, 3.8) is 0 Å². The molecule has 0 saturated heterocycles. The van der Waals surface area contributed by atoms with E-state index in [-0.39, 0.29) is 0 Å². The van der Waals surface area contributed by atoms with E-state index in [0.29, 0.717) is 18.8 Å². The van der Waals surface area contributed by atoms with E-state index in [1.165, 1.54) is 0 Å². The molecular formula is C17H17ClN2O. The highest BCUT2D eigenvalue weighted by molar-refractivity contribution is 6.30. The lowest BCUT2D eigenvalue weighted by Gasteiger charge is -2.13. The monoisotopic (exact) mass is 300 g/mol. The van der Waals surface area contributed by atoms with Crippen LogP contribution in [0.2, 0.25) is 5.02 Å². The molecule has 108 valence electrons. The Bertz CT molecular complexity index is 766. The van der Waals surface area contributed by atoms with Gasteiger partial charge < -0.3 is 9.67 Å². The summed E-state index contributed by atoms with van der Waals surface area (Å²) in [4.78, 5) is 4.58. The van der Waals surface area contributed by atoms with Gasteiger partial charge in [-0.1, -0.05) is 42.8 Å². The number of aromatic nitrogens is 2. The molecule has 0 fully saturated rings. The standard InChI is InChI=1S/C17H17ClN2O/c1-2-16(21)17-19-14-8-3-4-9-15(14)20(17)11-12-6-5-7-13(18)10-12/h3-10,16,21H,2,11H2,1H3/t16-/m1/s1. The molecule has 0 bridgehead atoms. The molecule has 0 saturated carbocycles. The Balaban J connectivity index is 2.10. The van der Waals surface area contributed by atoms with Crippen molar-refractivity contribution < 1.29 is 5.11 Å². The number of benzene rings is 2. The van der Waals surface area contributed by atoms with Crippen LogP contribution in [0.15, 0.2) is 48.5 Å². The lowest BCUT2D eigenvalue weighted by Crippen LogP contribution is -2.09. The van der Waals surface area contributed by atoms with Gasteiger partial charge in [0.05, 0.1) is 11.0 Å². The van der Waals surface area contributed by atoms with Crippen molar-refractivity contribution in [2.45, 2.75) is 26.0 Å². The maximum Gasteiger partial charge on any atom is 0.139 e. The smallest absolute Gasteiger partial charge is 0.139 e. The van der Waals surface area contributed by atoms with Crippen LogP contribution in [0.25, 0.3) is 11.0 Å². The Morgan fingerprint density at radius 3 is 2.76 bits per heavy atom. The second kappa shape index (κ2) is 5.88. The van der Waals surface area contributed by atoms with E-state index in [0.717, 1.165) is 21.6 Å². The first-order chi connectivity index (χ1) is 10.2. The number of aliphatic hydroxyl groups excluding tert-OH is 1. The number of hydrogen-bond acceptors (Lipinski definition) is 2. The van der Waals surface area contributed by atoms with E-state index in [2.05, 4.69) is 9.55 Å². The number of halogens is 1. The number of aliphatic hydroxyl groups is 1. The van der Waals surface area contributed by atoms with Gasteiger partial charge in [-0.25, -0.2) is 4.98 Å². The Hall–Kier alpha value is -1.84. The zero-order valence-electron chi connectivity index (χ0n) is 11.8. The topological polar surface area (TPSA) is 38.1 Å². The quantitative estimate of drug-likeness (QED) is 0.785. The van der Waals surface area contributed by atoms with Crippen LogP contribution in [0.1, 0.15) is 30.8 Å². The maximum absolute atomic E-state index is 10.2. The molecule has 0 amide bonds. The molecule has 3 aromatic rings. The molecule has 1 aromatic heterocycles. The molecule has 1 atom stereocenters. The summed E-state index contributed by atoms with van der Waals surface area (Å²) >= 11 is 6.06. The van der Waals surface area contributed by atoms with E-state index in [1.54, 1.807) is 0 Å². The average molecular weight is 301 g/mol. The molecule has 0 spiro atoms. The Morgan fingerprint density at radius 1 is 1.19 bits per heavy atom. The third-order valence-electron chi connectivity index (χ3n) is 3.60. The van der Waals surface area contributed by atoms with Gasteiger partial charge in [0.1, 0.15) is 11.9 Å². The van der Waals surface area contributed by atoms with Crippen molar-refractivity contribution >= 4 is 22.6 Å². The first-order valence-electron chi connectivity index (χ1n) is 7.06. The Kier molecular flexibility index (Phi) is 3.95. The highest BCUT2D eigenvalue weighted by atomic mass is 35.5. The van der Waals surface area contributed by atoms with Crippen LogP contribution in [0.4, 0.5) is 0 Å². The maximum atomic E-state index is 10.2. The second-order valence-electron chi connectivity index (χ2n) is 5.10. The minimum atomic E-state index is -0.559. The minimum absolute atomic E-state index is 0.559. The van der Waals surface area contributed by atoms with E-state index < -0.39 is 6.10 Å². The van der Waals surface area contributed by atoms with Gasteiger partial charge >= 0.3 is 0 Å². The summed E-state index contributed by atoms with van der Waals surface area (Å²) in [5, 5.41) is 11.0. The summed E-state index contributed by atoms with van der Waals surface area (Å²) in [5.74, 6) is 0.707. The van der Waals surface area contributed by atoms with Crippen molar-refractivity contribution in [2.75, 3.05) is 0 Å². The van der Waals surface area contributed by atoms with Crippen LogP contribution in [0.3, 0.4) is 0 Å². The zero-order valence-corrected chi connectivity index (χ0v) is 12.6. The molecule has 1 heterocycles. The summed E-state index contributed by atoms with van der Waals surface area (Å²) in [6, 6.07) is 15.7. The van der Waals surface area contributed by atoms with Crippen molar-refractivity contribution in [3.05, 3.63) is 64.9 Å². The number of imidazole rings is 1. The largest absolute Gasteiger partial charge is 0.385 e. The SMILES string of the molecule is CC[C@@H](O)c1nc2ccccc2n1Cc1cccc(Cl)c1. The van der Waals surface area contributed by atoms with E-state index in [9.17, 15) is 5.11 Å². The Morgan fingerprint density at radius 2 is 2.00 bits per heavy atom. The van der Waals surface area contributed by atoms with Gasteiger partial charge in [-0.2, -0.15) is 0 Å². The summed E-state index contributed by atoms with van der Waals surface area (Å²) in [6.45, 7) is 2.60. The lowest BCUT2D eigenvalue weighted by molar-refractivity contribution is 0.160. The van der Waals surface area contributed by atoms with Gasteiger partial charge in [-0.15, -0.1) is 0 Å². The first-order valence-corrected chi connectivity index (χ1v) is 7.44. The Labute approximate surface area is 128 Å². The summed E-state index contributed by atoms with van der Waals surface area (Å²) in [6.07, 6.45) is 0.0790. The van der Waals surface area contributed by atoms with Gasteiger partial charge in [-0.3, -0.25) is 0 Å². The third-order valence-corrected chi connectivity index (χ3v) is 3.83. The molecule has 0 aliphatic rings. The molecule has 0 aliphatic heterocycles. The van der Waals surface area contributed by atoms with Crippen LogP contribution in [0, 0.1) is 0 Å². The van der Waals surface area contributed by atoms with Crippen LogP contribution < -0.4 is 0 Å². The van der Waals surface area contributed by atoms with Gasteiger partial charge in [0.25, 0.3) is 0 Å². The highest BCUT2D eigenvalue weighted by Crippen LogP contribution is 2.24. The van der Waals surface area contributed by atoms with E-state index in [1.807, 2.05) is 55.5 Å². The molecule has 1 N–H and O–H groups in total. The predicted octanol–water partition coefficient (Wildman–Crippen LogP) is 4.18. The van der Waals surface area contributed by atoms with Crippen molar-refractivity contribution in [1.29, 1.82) is 0 Å². The molecule has 0 radical (unpaired) electrons. The summed E-state index contributed by atoms with van der Waals surface area (Å²) in [5.41, 5.74) is 3.03. The molecule has 2 aromatic carbocycles. The number of rotatable bonds is 4.